The predicted octanol–water partition coefficient (Wildman–Crippen LogP) is 2.54. The number of carbonyl (C=O) groups is 1. The standard InChI is InChI=1S/C17H21N3O3S/c1-12-16(17(21)19-13-3-5-14(22-2)6-4-13)24-15(18-12)11-20-7-9-23-10-8-20/h3-6H,7-11H2,1-2H3,(H,19,21). The van der Waals surface area contributed by atoms with E-state index in [2.05, 4.69) is 15.2 Å². The molecule has 2 heterocycles. The van der Waals surface area contributed by atoms with Gasteiger partial charge in [-0.2, -0.15) is 0 Å². The predicted molar refractivity (Wildman–Crippen MR) is 93.9 cm³/mol. The number of methoxy groups -OCH3 is 1. The summed E-state index contributed by atoms with van der Waals surface area (Å²) in [5.41, 5.74) is 1.51. The first-order valence-electron chi connectivity index (χ1n) is 7.87. The summed E-state index contributed by atoms with van der Waals surface area (Å²) >= 11 is 1.46. The third kappa shape index (κ3) is 4.11. The molecule has 1 amide bonds. The Balaban J connectivity index is 1.65. The van der Waals surface area contributed by atoms with Crippen LogP contribution in [0.3, 0.4) is 0 Å². The van der Waals surface area contributed by atoms with Crippen molar-refractivity contribution in [2.75, 3.05) is 38.7 Å². The molecular weight excluding hydrogens is 326 g/mol. The van der Waals surface area contributed by atoms with Crippen molar-refractivity contribution in [2.45, 2.75) is 13.5 Å². The molecule has 1 aromatic carbocycles. The Kier molecular flexibility index (Phi) is 5.44. The van der Waals surface area contributed by atoms with Gasteiger partial charge in [-0.05, 0) is 31.2 Å². The van der Waals surface area contributed by atoms with Crippen LogP contribution in [0, 0.1) is 6.92 Å². The summed E-state index contributed by atoms with van der Waals surface area (Å²) in [7, 11) is 1.62. The van der Waals surface area contributed by atoms with Crippen molar-refractivity contribution >= 4 is 22.9 Å². The van der Waals surface area contributed by atoms with Crippen LogP contribution in [0.2, 0.25) is 0 Å². The van der Waals surface area contributed by atoms with E-state index in [4.69, 9.17) is 9.47 Å². The zero-order valence-corrected chi connectivity index (χ0v) is 14.7. The number of anilines is 1. The lowest BCUT2D eigenvalue weighted by Crippen LogP contribution is -2.35. The smallest absolute Gasteiger partial charge is 0.267 e. The number of hydrogen-bond acceptors (Lipinski definition) is 6. The highest BCUT2D eigenvalue weighted by Gasteiger charge is 2.18. The number of ether oxygens (including phenoxy) is 2. The fraction of sp³-hybridized carbons (Fsp3) is 0.412. The van der Waals surface area contributed by atoms with Gasteiger partial charge in [0.2, 0.25) is 0 Å². The van der Waals surface area contributed by atoms with Crippen molar-refractivity contribution in [1.29, 1.82) is 0 Å². The van der Waals surface area contributed by atoms with E-state index in [1.54, 1.807) is 7.11 Å². The van der Waals surface area contributed by atoms with Gasteiger partial charge in [-0.1, -0.05) is 0 Å². The van der Waals surface area contributed by atoms with Crippen molar-refractivity contribution in [2.24, 2.45) is 0 Å². The van der Waals surface area contributed by atoms with Crippen LogP contribution in [0.15, 0.2) is 24.3 Å². The van der Waals surface area contributed by atoms with Gasteiger partial charge in [-0.3, -0.25) is 9.69 Å². The van der Waals surface area contributed by atoms with Crippen molar-refractivity contribution in [3.63, 3.8) is 0 Å². The lowest BCUT2D eigenvalue weighted by Gasteiger charge is -2.25. The van der Waals surface area contributed by atoms with Gasteiger partial charge in [0.1, 0.15) is 15.6 Å². The molecule has 0 radical (unpaired) electrons. The minimum absolute atomic E-state index is 0.122. The second-order valence-corrected chi connectivity index (χ2v) is 6.68. The molecule has 1 N–H and O–H groups in total. The van der Waals surface area contributed by atoms with Gasteiger partial charge in [-0.15, -0.1) is 11.3 Å². The third-order valence-electron chi connectivity index (χ3n) is 3.86. The molecule has 0 spiro atoms. The Morgan fingerprint density at radius 2 is 2.04 bits per heavy atom. The molecule has 7 heteroatoms. The second-order valence-electron chi connectivity index (χ2n) is 5.59. The van der Waals surface area contributed by atoms with E-state index in [0.717, 1.165) is 55.0 Å². The van der Waals surface area contributed by atoms with Crippen LogP contribution in [0.1, 0.15) is 20.4 Å². The lowest BCUT2D eigenvalue weighted by molar-refractivity contribution is 0.0341. The van der Waals surface area contributed by atoms with E-state index in [9.17, 15) is 4.79 Å². The van der Waals surface area contributed by atoms with Crippen LogP contribution in [-0.4, -0.2) is 49.2 Å². The number of thiazole rings is 1. The van der Waals surface area contributed by atoms with E-state index in [-0.39, 0.29) is 5.91 Å². The first-order chi connectivity index (χ1) is 11.7. The van der Waals surface area contributed by atoms with Crippen LogP contribution >= 0.6 is 11.3 Å². The van der Waals surface area contributed by atoms with Gasteiger partial charge in [0.25, 0.3) is 5.91 Å². The number of carbonyl (C=O) groups excluding carboxylic acids is 1. The van der Waals surface area contributed by atoms with Crippen molar-refractivity contribution in [1.82, 2.24) is 9.88 Å². The summed E-state index contributed by atoms with van der Waals surface area (Å²) in [6.07, 6.45) is 0. The Labute approximate surface area is 145 Å². The maximum absolute atomic E-state index is 12.5. The number of rotatable bonds is 5. The van der Waals surface area contributed by atoms with Crippen molar-refractivity contribution < 1.29 is 14.3 Å². The maximum atomic E-state index is 12.5. The normalized spacial score (nSPS) is 15.2. The van der Waals surface area contributed by atoms with E-state index in [1.807, 2.05) is 31.2 Å². The van der Waals surface area contributed by atoms with Crippen LogP contribution in [-0.2, 0) is 11.3 Å². The summed E-state index contributed by atoms with van der Waals surface area (Å²) in [6.45, 7) is 5.98. The third-order valence-corrected chi connectivity index (χ3v) is 5.00. The Bertz CT molecular complexity index is 694. The van der Waals surface area contributed by atoms with E-state index >= 15 is 0 Å². The lowest BCUT2D eigenvalue weighted by atomic mass is 10.3. The molecule has 3 rings (SSSR count). The molecule has 1 fully saturated rings. The number of aryl methyl sites for hydroxylation is 1. The summed E-state index contributed by atoms with van der Waals surface area (Å²) in [6, 6.07) is 7.28. The summed E-state index contributed by atoms with van der Waals surface area (Å²) in [5.74, 6) is 0.637. The Morgan fingerprint density at radius 3 is 2.71 bits per heavy atom. The number of aromatic nitrogens is 1. The van der Waals surface area contributed by atoms with Gasteiger partial charge in [0.15, 0.2) is 0 Å². The Morgan fingerprint density at radius 1 is 1.33 bits per heavy atom. The fourth-order valence-electron chi connectivity index (χ4n) is 2.54. The highest BCUT2D eigenvalue weighted by atomic mass is 32.1. The molecule has 1 saturated heterocycles. The summed E-state index contributed by atoms with van der Waals surface area (Å²) < 4.78 is 10.5. The summed E-state index contributed by atoms with van der Waals surface area (Å²) in [4.78, 5) is 20.0. The van der Waals surface area contributed by atoms with Crippen LogP contribution in [0.4, 0.5) is 5.69 Å². The molecule has 0 unspecified atom stereocenters. The van der Waals surface area contributed by atoms with E-state index in [1.165, 1.54) is 11.3 Å². The molecule has 2 aromatic rings. The molecular formula is C17H21N3O3S. The van der Waals surface area contributed by atoms with Gasteiger partial charge >= 0.3 is 0 Å². The van der Waals surface area contributed by atoms with Crippen LogP contribution in [0.5, 0.6) is 5.75 Å². The molecule has 24 heavy (non-hydrogen) atoms. The largest absolute Gasteiger partial charge is 0.497 e. The quantitative estimate of drug-likeness (QED) is 0.900. The number of nitrogens with zero attached hydrogens (tertiary/aromatic N) is 2. The first kappa shape index (κ1) is 16.9. The molecule has 1 aromatic heterocycles. The highest BCUT2D eigenvalue weighted by Crippen LogP contribution is 2.22. The summed E-state index contributed by atoms with van der Waals surface area (Å²) in [5, 5.41) is 3.88. The number of nitrogens with one attached hydrogen (secondary N) is 1. The SMILES string of the molecule is COc1ccc(NC(=O)c2sc(CN3CCOCC3)nc2C)cc1. The second kappa shape index (κ2) is 7.74. The van der Waals surface area contributed by atoms with Crippen LogP contribution in [0.25, 0.3) is 0 Å². The zero-order valence-electron chi connectivity index (χ0n) is 13.9. The molecule has 0 atom stereocenters. The molecule has 0 bridgehead atoms. The molecule has 1 aliphatic rings. The average Bonchev–Trinajstić information content (AvgIpc) is 2.97. The monoisotopic (exact) mass is 347 g/mol. The van der Waals surface area contributed by atoms with E-state index in [0.29, 0.717) is 4.88 Å². The van der Waals surface area contributed by atoms with Crippen molar-refractivity contribution in [3.8, 4) is 5.75 Å². The topological polar surface area (TPSA) is 63.7 Å². The number of amides is 1. The van der Waals surface area contributed by atoms with Gasteiger partial charge in [-0.25, -0.2) is 4.98 Å². The molecule has 0 saturated carbocycles. The van der Waals surface area contributed by atoms with Gasteiger partial charge in [0, 0.05) is 18.8 Å². The highest BCUT2D eigenvalue weighted by molar-refractivity contribution is 7.13. The number of morpholine rings is 1. The number of benzene rings is 1. The van der Waals surface area contributed by atoms with Gasteiger partial charge < -0.3 is 14.8 Å². The number of hydrogen-bond donors (Lipinski definition) is 1. The zero-order chi connectivity index (χ0) is 16.9. The molecule has 6 nitrogen and oxygen atoms in total. The molecule has 128 valence electrons. The van der Waals surface area contributed by atoms with Gasteiger partial charge in [0.05, 0.1) is 32.6 Å². The average molecular weight is 347 g/mol. The minimum Gasteiger partial charge on any atom is -0.497 e. The first-order valence-corrected chi connectivity index (χ1v) is 8.69. The van der Waals surface area contributed by atoms with Crippen molar-refractivity contribution in [3.05, 3.63) is 39.8 Å². The van der Waals surface area contributed by atoms with E-state index < -0.39 is 0 Å². The maximum Gasteiger partial charge on any atom is 0.267 e. The fourth-order valence-corrected chi connectivity index (χ4v) is 3.55. The molecule has 0 aliphatic carbocycles. The Hall–Kier alpha value is -1.96. The molecule has 1 aliphatic heterocycles. The van der Waals surface area contributed by atoms with Crippen LogP contribution < -0.4 is 10.1 Å². The minimum atomic E-state index is -0.122.